The molecule has 0 aliphatic carbocycles. The predicted octanol–water partition coefficient (Wildman–Crippen LogP) is 5.02. The Morgan fingerprint density at radius 3 is 1.28 bits per heavy atom. The molecule has 0 aromatic rings. The van der Waals surface area contributed by atoms with Gasteiger partial charge in [0.1, 0.15) is 0 Å². The third kappa shape index (κ3) is 11.4. The van der Waals surface area contributed by atoms with E-state index in [1.807, 2.05) is 0 Å². The Kier molecular flexibility index (Phi) is 16.1. The van der Waals surface area contributed by atoms with E-state index in [2.05, 4.69) is 6.92 Å². The van der Waals surface area contributed by atoms with E-state index in [9.17, 15) is 29.1 Å². The summed E-state index contributed by atoms with van der Waals surface area (Å²) in [5.41, 5.74) is -3.06. The number of ketones is 2. The molecule has 0 aromatic carbocycles. The van der Waals surface area contributed by atoms with Crippen LogP contribution in [0.1, 0.15) is 116 Å². The Morgan fingerprint density at radius 2 is 0.969 bits per heavy atom. The summed E-state index contributed by atoms with van der Waals surface area (Å²) in [4.78, 5) is 57.8. The molecule has 0 radical (unpaired) electrons. The molecule has 0 saturated carbocycles. The standard InChI is InChI=1S/C24H40O8/c1-2-3-4-5-6-7-8-9-10-11-12-13-14-15-16-17-19(25)24(23(31)32,18-20(26)27)21(28)22(29)30/h2-18H2,1H3,(H,26,27)(H,29,30)(H,31,32). The molecule has 0 heterocycles. The molecule has 0 aliphatic heterocycles. The van der Waals surface area contributed by atoms with Crippen LogP contribution in [0, 0.1) is 5.41 Å². The molecule has 8 nitrogen and oxygen atoms in total. The van der Waals surface area contributed by atoms with Crippen molar-refractivity contribution >= 4 is 29.5 Å². The zero-order valence-corrected chi connectivity index (χ0v) is 19.4. The summed E-state index contributed by atoms with van der Waals surface area (Å²) in [6.45, 7) is 2.22. The number of unbranched alkanes of at least 4 members (excludes halogenated alkanes) is 14. The van der Waals surface area contributed by atoms with E-state index < -0.39 is 41.3 Å². The van der Waals surface area contributed by atoms with Crippen molar-refractivity contribution in [3.8, 4) is 0 Å². The number of rotatable bonds is 22. The molecule has 0 bridgehead atoms. The summed E-state index contributed by atoms with van der Waals surface area (Å²) < 4.78 is 0. The van der Waals surface area contributed by atoms with Crippen molar-refractivity contribution in [2.75, 3.05) is 0 Å². The first-order chi connectivity index (χ1) is 15.2. The highest BCUT2D eigenvalue weighted by atomic mass is 16.4. The number of carbonyl (C=O) groups is 5. The highest BCUT2D eigenvalue weighted by Gasteiger charge is 2.56. The second-order valence-corrected chi connectivity index (χ2v) is 8.54. The quantitative estimate of drug-likeness (QED) is 0.117. The molecule has 32 heavy (non-hydrogen) atoms. The van der Waals surface area contributed by atoms with Gasteiger partial charge in [0.25, 0.3) is 5.78 Å². The maximum Gasteiger partial charge on any atom is 0.373 e. The monoisotopic (exact) mass is 456 g/mol. The van der Waals surface area contributed by atoms with Gasteiger partial charge in [-0.1, -0.05) is 96.8 Å². The van der Waals surface area contributed by atoms with Gasteiger partial charge in [0, 0.05) is 6.42 Å². The molecule has 184 valence electrons. The van der Waals surface area contributed by atoms with E-state index in [-0.39, 0.29) is 6.42 Å². The van der Waals surface area contributed by atoms with Crippen LogP contribution in [0.4, 0.5) is 0 Å². The molecule has 8 heteroatoms. The lowest BCUT2D eigenvalue weighted by molar-refractivity contribution is -0.170. The van der Waals surface area contributed by atoms with Crippen molar-refractivity contribution in [1.82, 2.24) is 0 Å². The number of carboxylic acid groups (broad SMARTS) is 3. The molecule has 0 fully saturated rings. The zero-order chi connectivity index (χ0) is 24.4. The van der Waals surface area contributed by atoms with Gasteiger partial charge in [0.15, 0.2) is 5.78 Å². The summed E-state index contributed by atoms with van der Waals surface area (Å²) >= 11 is 0. The van der Waals surface area contributed by atoms with Gasteiger partial charge in [0.05, 0.1) is 6.42 Å². The minimum absolute atomic E-state index is 0.290. The molecule has 0 amide bonds. The van der Waals surface area contributed by atoms with E-state index in [1.54, 1.807) is 0 Å². The maximum atomic E-state index is 12.4. The normalized spacial score (nSPS) is 12.8. The van der Waals surface area contributed by atoms with E-state index in [0.717, 1.165) is 25.7 Å². The van der Waals surface area contributed by atoms with Crippen LogP contribution in [0.2, 0.25) is 0 Å². The van der Waals surface area contributed by atoms with Crippen molar-refractivity contribution in [1.29, 1.82) is 0 Å². The molecule has 1 unspecified atom stereocenters. The molecule has 3 N–H and O–H groups in total. The lowest BCUT2D eigenvalue weighted by Gasteiger charge is -2.22. The third-order valence-electron chi connectivity index (χ3n) is 5.85. The maximum absolute atomic E-state index is 12.4. The van der Waals surface area contributed by atoms with Gasteiger partial charge >= 0.3 is 17.9 Å². The molecule has 0 rings (SSSR count). The van der Waals surface area contributed by atoms with Crippen LogP contribution in [-0.4, -0.2) is 44.8 Å². The zero-order valence-electron chi connectivity index (χ0n) is 19.4. The lowest BCUT2D eigenvalue weighted by Crippen LogP contribution is -2.50. The number of carboxylic acids is 3. The Balaban J connectivity index is 4.09. The van der Waals surface area contributed by atoms with Crippen molar-refractivity contribution in [2.45, 2.75) is 116 Å². The molecule has 0 saturated heterocycles. The van der Waals surface area contributed by atoms with E-state index >= 15 is 0 Å². The number of hydrogen-bond acceptors (Lipinski definition) is 5. The number of Topliss-reactive ketones (excluding diaryl/α,β-unsaturated/α-hetero) is 2. The Hall–Kier alpha value is -2.25. The summed E-state index contributed by atoms with van der Waals surface area (Å²) in [7, 11) is 0. The Labute approximate surface area is 190 Å². The highest BCUT2D eigenvalue weighted by Crippen LogP contribution is 2.29. The van der Waals surface area contributed by atoms with Crippen molar-refractivity contribution < 1.29 is 39.3 Å². The van der Waals surface area contributed by atoms with Gasteiger partial charge in [-0.25, -0.2) is 4.79 Å². The minimum Gasteiger partial charge on any atom is -0.481 e. The smallest absolute Gasteiger partial charge is 0.373 e. The molecular formula is C24H40O8. The molecule has 0 aromatic heterocycles. The summed E-state index contributed by atoms with van der Waals surface area (Å²) in [5, 5.41) is 27.1. The summed E-state index contributed by atoms with van der Waals surface area (Å²) in [6, 6.07) is 0. The van der Waals surface area contributed by atoms with Gasteiger partial charge in [-0.2, -0.15) is 0 Å². The molecule has 0 spiro atoms. The van der Waals surface area contributed by atoms with Crippen LogP contribution in [0.5, 0.6) is 0 Å². The van der Waals surface area contributed by atoms with Gasteiger partial charge in [-0.15, -0.1) is 0 Å². The fourth-order valence-corrected chi connectivity index (χ4v) is 3.88. The third-order valence-corrected chi connectivity index (χ3v) is 5.85. The van der Waals surface area contributed by atoms with E-state index in [0.29, 0.717) is 12.8 Å². The van der Waals surface area contributed by atoms with Crippen LogP contribution >= 0.6 is 0 Å². The first-order valence-corrected chi connectivity index (χ1v) is 12.0. The fraction of sp³-hybridized carbons (Fsp3) is 0.792. The second kappa shape index (κ2) is 17.3. The topological polar surface area (TPSA) is 146 Å². The SMILES string of the molecule is CCCCCCCCCCCCCCCCCC(=O)C(CC(=O)O)(C(=O)O)C(=O)C(=O)O. The number of carbonyl (C=O) groups excluding carboxylic acids is 2. The molecule has 1 atom stereocenters. The first kappa shape index (κ1) is 29.8. The van der Waals surface area contributed by atoms with Crippen molar-refractivity contribution in [3.63, 3.8) is 0 Å². The van der Waals surface area contributed by atoms with Gasteiger partial charge in [-0.3, -0.25) is 19.2 Å². The average molecular weight is 457 g/mol. The number of aliphatic carboxylic acids is 3. The fourth-order valence-electron chi connectivity index (χ4n) is 3.88. The number of hydrogen-bond donors (Lipinski definition) is 3. The lowest BCUT2D eigenvalue weighted by atomic mass is 9.74. The van der Waals surface area contributed by atoms with Gasteiger partial charge in [0.2, 0.25) is 5.41 Å². The van der Waals surface area contributed by atoms with Crippen molar-refractivity contribution in [3.05, 3.63) is 0 Å². The average Bonchev–Trinajstić information content (AvgIpc) is 2.73. The van der Waals surface area contributed by atoms with Crippen LogP contribution in [0.15, 0.2) is 0 Å². The highest BCUT2D eigenvalue weighted by molar-refractivity contribution is 6.45. The predicted molar refractivity (Wildman–Crippen MR) is 120 cm³/mol. The van der Waals surface area contributed by atoms with Crippen LogP contribution in [0.3, 0.4) is 0 Å². The Bertz CT molecular complexity index is 613. The second-order valence-electron chi connectivity index (χ2n) is 8.54. The largest absolute Gasteiger partial charge is 0.481 e. The molecular weight excluding hydrogens is 416 g/mol. The van der Waals surface area contributed by atoms with E-state index in [4.69, 9.17) is 10.2 Å². The summed E-state index contributed by atoms with van der Waals surface area (Å²) in [5.74, 6) is -8.93. The van der Waals surface area contributed by atoms with E-state index in [1.165, 1.54) is 57.8 Å². The summed E-state index contributed by atoms with van der Waals surface area (Å²) in [6.07, 6.45) is 14.9. The van der Waals surface area contributed by atoms with Crippen LogP contribution in [-0.2, 0) is 24.0 Å². The van der Waals surface area contributed by atoms with Crippen LogP contribution < -0.4 is 0 Å². The van der Waals surface area contributed by atoms with Gasteiger partial charge in [-0.05, 0) is 6.42 Å². The minimum atomic E-state index is -3.06. The van der Waals surface area contributed by atoms with Crippen molar-refractivity contribution in [2.24, 2.45) is 5.41 Å². The first-order valence-electron chi connectivity index (χ1n) is 12.0. The van der Waals surface area contributed by atoms with Gasteiger partial charge < -0.3 is 15.3 Å². The van der Waals surface area contributed by atoms with Crippen LogP contribution in [0.25, 0.3) is 0 Å². The molecule has 0 aliphatic rings. The Morgan fingerprint density at radius 1 is 0.594 bits per heavy atom.